The molecule has 2 N–H and O–H groups in total. The Balaban J connectivity index is 2.24. The van der Waals surface area contributed by atoms with Gasteiger partial charge in [0.15, 0.2) is 5.69 Å². The van der Waals surface area contributed by atoms with E-state index in [0.717, 1.165) is 6.07 Å². The minimum atomic E-state index is -5.07. The molecule has 148 valence electrons. The highest BCUT2D eigenvalue weighted by Crippen LogP contribution is 2.35. The van der Waals surface area contributed by atoms with Gasteiger partial charge in [-0.05, 0) is 24.3 Å². The van der Waals surface area contributed by atoms with Gasteiger partial charge in [-0.15, -0.1) is 0 Å². The highest BCUT2D eigenvalue weighted by molar-refractivity contribution is 5.63. The standard InChI is InChI=1S/C18H10F4N4O3/c1-24-12-7-11(19)13(8-14(12)29-10-5-3-2-4-6-10)25-16(27)9-15(18(20,21)22)26(23)17(25)28/h2-9H,23H2. The molecule has 1 heterocycles. The lowest BCUT2D eigenvalue weighted by Crippen LogP contribution is -2.45. The molecule has 0 saturated carbocycles. The van der Waals surface area contributed by atoms with Crippen LogP contribution in [0.25, 0.3) is 10.5 Å². The fraction of sp³-hybridized carbons (Fsp3) is 0.0556. The van der Waals surface area contributed by atoms with Crippen molar-refractivity contribution >= 4 is 5.69 Å². The first-order valence-corrected chi connectivity index (χ1v) is 7.79. The predicted molar refractivity (Wildman–Crippen MR) is 94.2 cm³/mol. The molecule has 7 nitrogen and oxygen atoms in total. The fourth-order valence-corrected chi connectivity index (χ4v) is 2.48. The molecule has 0 bridgehead atoms. The Bertz CT molecular complexity index is 1240. The summed E-state index contributed by atoms with van der Waals surface area (Å²) >= 11 is 0. The lowest BCUT2D eigenvalue weighted by Gasteiger charge is -2.15. The zero-order valence-electron chi connectivity index (χ0n) is 14.3. The third-order valence-corrected chi connectivity index (χ3v) is 3.79. The van der Waals surface area contributed by atoms with Crippen molar-refractivity contribution in [3.05, 3.63) is 92.3 Å². The number of nitrogen functional groups attached to an aromatic ring is 1. The number of aromatic nitrogens is 2. The van der Waals surface area contributed by atoms with Crippen molar-refractivity contribution in [1.29, 1.82) is 0 Å². The highest BCUT2D eigenvalue weighted by atomic mass is 19.4. The number of nitrogens with two attached hydrogens (primary N) is 1. The number of benzene rings is 2. The van der Waals surface area contributed by atoms with Crippen molar-refractivity contribution in [2.75, 3.05) is 5.84 Å². The van der Waals surface area contributed by atoms with E-state index in [9.17, 15) is 27.2 Å². The fourth-order valence-electron chi connectivity index (χ4n) is 2.48. The van der Waals surface area contributed by atoms with Gasteiger partial charge in [0, 0.05) is 6.07 Å². The maximum absolute atomic E-state index is 14.5. The van der Waals surface area contributed by atoms with Crippen molar-refractivity contribution < 1.29 is 22.3 Å². The first-order valence-electron chi connectivity index (χ1n) is 7.79. The molecular weight excluding hydrogens is 396 g/mol. The minimum Gasteiger partial charge on any atom is -0.468 e. The largest absolute Gasteiger partial charge is 0.468 e. The van der Waals surface area contributed by atoms with Crippen LogP contribution in [0.4, 0.5) is 23.2 Å². The van der Waals surface area contributed by atoms with E-state index in [4.69, 9.17) is 17.2 Å². The summed E-state index contributed by atoms with van der Waals surface area (Å²) in [5.41, 5.74) is -5.76. The highest BCUT2D eigenvalue weighted by Gasteiger charge is 2.36. The first-order chi connectivity index (χ1) is 13.6. The SMILES string of the molecule is [C-]#[N+]c1cc(F)c(-n2c(=O)cc(C(F)(F)F)n(N)c2=O)cc1Oc1ccccc1. The van der Waals surface area contributed by atoms with Crippen molar-refractivity contribution in [3.8, 4) is 17.2 Å². The summed E-state index contributed by atoms with van der Waals surface area (Å²) in [6, 6.07) is 9.67. The van der Waals surface area contributed by atoms with Gasteiger partial charge in [0.2, 0.25) is 5.69 Å². The van der Waals surface area contributed by atoms with Gasteiger partial charge in [-0.1, -0.05) is 18.2 Å². The number of nitrogens with zero attached hydrogens (tertiary/aromatic N) is 3. The molecule has 29 heavy (non-hydrogen) atoms. The van der Waals surface area contributed by atoms with Crippen LogP contribution in [-0.2, 0) is 6.18 Å². The summed E-state index contributed by atoms with van der Waals surface area (Å²) in [5.74, 6) is 4.03. The molecule has 3 rings (SSSR count). The zero-order chi connectivity index (χ0) is 21.3. The van der Waals surface area contributed by atoms with Crippen molar-refractivity contribution in [2.45, 2.75) is 6.18 Å². The summed E-state index contributed by atoms with van der Waals surface area (Å²) in [4.78, 5) is 27.5. The average molecular weight is 406 g/mol. The number of ether oxygens (including phenoxy) is 1. The number of halogens is 4. The van der Waals surface area contributed by atoms with E-state index in [1.165, 1.54) is 12.1 Å². The van der Waals surface area contributed by atoms with E-state index >= 15 is 0 Å². The molecule has 3 aromatic rings. The van der Waals surface area contributed by atoms with Crippen LogP contribution < -0.4 is 21.8 Å². The molecule has 11 heteroatoms. The van der Waals surface area contributed by atoms with Gasteiger partial charge < -0.3 is 10.6 Å². The van der Waals surface area contributed by atoms with Crippen LogP contribution in [0, 0.1) is 12.4 Å². The monoisotopic (exact) mass is 406 g/mol. The Morgan fingerprint density at radius 3 is 2.31 bits per heavy atom. The average Bonchev–Trinajstić information content (AvgIpc) is 2.66. The second-order valence-corrected chi connectivity index (χ2v) is 5.65. The van der Waals surface area contributed by atoms with Gasteiger partial charge in [-0.3, -0.25) is 4.79 Å². The summed E-state index contributed by atoms with van der Waals surface area (Å²) in [5, 5.41) is 0. The van der Waals surface area contributed by atoms with Gasteiger partial charge in [-0.2, -0.15) is 13.2 Å². The normalized spacial score (nSPS) is 11.1. The second-order valence-electron chi connectivity index (χ2n) is 5.65. The smallest absolute Gasteiger partial charge is 0.433 e. The molecule has 0 saturated heterocycles. The molecule has 0 aliphatic heterocycles. The van der Waals surface area contributed by atoms with E-state index in [1.54, 1.807) is 18.2 Å². The molecule has 0 spiro atoms. The van der Waals surface area contributed by atoms with Gasteiger partial charge in [0.1, 0.15) is 17.3 Å². The van der Waals surface area contributed by atoms with Crippen molar-refractivity contribution in [2.24, 2.45) is 0 Å². The van der Waals surface area contributed by atoms with Crippen LogP contribution in [0.1, 0.15) is 5.69 Å². The van der Waals surface area contributed by atoms with Gasteiger partial charge in [-0.25, -0.2) is 23.3 Å². The van der Waals surface area contributed by atoms with Crippen LogP contribution >= 0.6 is 0 Å². The molecule has 0 fully saturated rings. The molecule has 0 aliphatic rings. The number of para-hydroxylation sites is 1. The molecular formula is C18H10F4N4O3. The lowest BCUT2D eigenvalue weighted by molar-refractivity contribution is -0.143. The number of hydrogen-bond acceptors (Lipinski definition) is 4. The Morgan fingerprint density at radius 2 is 1.72 bits per heavy atom. The summed E-state index contributed by atoms with van der Waals surface area (Å²) in [6.07, 6.45) is -5.07. The predicted octanol–water partition coefficient (Wildman–Crippen LogP) is 3.21. The van der Waals surface area contributed by atoms with Crippen molar-refractivity contribution in [1.82, 2.24) is 9.24 Å². The molecule has 0 aliphatic carbocycles. The summed E-state index contributed by atoms with van der Waals surface area (Å²) in [6.45, 7) is 7.14. The van der Waals surface area contributed by atoms with E-state index in [1.807, 2.05) is 0 Å². The Labute approximate surface area is 159 Å². The third kappa shape index (κ3) is 3.68. The second kappa shape index (κ2) is 7.16. The molecule has 0 unspecified atom stereocenters. The number of hydrogen-bond donors (Lipinski definition) is 1. The van der Waals surface area contributed by atoms with Crippen molar-refractivity contribution in [3.63, 3.8) is 0 Å². The molecule has 0 radical (unpaired) electrons. The maximum Gasteiger partial charge on any atom is 0.433 e. The summed E-state index contributed by atoms with van der Waals surface area (Å²) in [7, 11) is 0. The van der Waals surface area contributed by atoms with Gasteiger partial charge >= 0.3 is 11.9 Å². The third-order valence-electron chi connectivity index (χ3n) is 3.79. The molecule has 2 aromatic carbocycles. The lowest BCUT2D eigenvalue weighted by atomic mass is 10.2. The van der Waals surface area contributed by atoms with Crippen LogP contribution in [0.15, 0.2) is 58.1 Å². The van der Waals surface area contributed by atoms with Crippen LogP contribution in [0.3, 0.4) is 0 Å². The van der Waals surface area contributed by atoms with Crippen LogP contribution in [0.2, 0.25) is 0 Å². The first kappa shape index (κ1) is 19.7. The number of alkyl halides is 3. The Kier molecular flexibility index (Phi) is 4.86. The van der Waals surface area contributed by atoms with E-state index in [2.05, 4.69) is 4.85 Å². The van der Waals surface area contributed by atoms with Crippen LogP contribution in [0.5, 0.6) is 11.5 Å². The number of rotatable bonds is 3. The molecule has 0 atom stereocenters. The molecule has 0 amide bonds. The van der Waals surface area contributed by atoms with Gasteiger partial charge in [0.05, 0.1) is 12.3 Å². The van der Waals surface area contributed by atoms with E-state index in [0.29, 0.717) is 6.07 Å². The zero-order valence-corrected chi connectivity index (χ0v) is 14.3. The summed E-state index contributed by atoms with van der Waals surface area (Å²) < 4.78 is 58.5. The molecule has 1 aromatic heterocycles. The Morgan fingerprint density at radius 1 is 1.07 bits per heavy atom. The van der Waals surface area contributed by atoms with Crippen LogP contribution in [-0.4, -0.2) is 9.24 Å². The topological polar surface area (TPSA) is 83.6 Å². The minimum absolute atomic E-state index is 0.0708. The Hall–Kier alpha value is -4.07. The maximum atomic E-state index is 14.5. The quantitative estimate of drug-likeness (QED) is 0.411. The van der Waals surface area contributed by atoms with E-state index in [-0.39, 0.29) is 32.5 Å². The van der Waals surface area contributed by atoms with Gasteiger partial charge in [0.25, 0.3) is 5.56 Å². The van der Waals surface area contributed by atoms with E-state index < -0.39 is 34.6 Å².